The van der Waals surface area contributed by atoms with Gasteiger partial charge in [0.1, 0.15) is 0 Å². The molecule has 0 aliphatic carbocycles. The molecule has 0 heterocycles. The van der Waals surface area contributed by atoms with Crippen LogP contribution in [0.3, 0.4) is 0 Å². The van der Waals surface area contributed by atoms with Crippen LogP contribution in [0.15, 0.2) is 40.9 Å². The molecule has 0 atom stereocenters. The normalized spacial score (nSPS) is 10.2. The van der Waals surface area contributed by atoms with Crippen molar-refractivity contribution in [2.24, 2.45) is 5.84 Å². The molecule has 5 heteroatoms. The zero-order valence-corrected chi connectivity index (χ0v) is 12.9. The Morgan fingerprint density at radius 1 is 1.10 bits per heavy atom. The smallest absolute Gasteiger partial charge is 0.257 e. The molecule has 0 saturated carbocycles. The van der Waals surface area contributed by atoms with Crippen LogP contribution in [0.1, 0.15) is 21.5 Å². The topological polar surface area (TPSA) is 67.2 Å². The molecule has 2 rings (SSSR count). The Hall–Kier alpha value is -1.85. The second-order valence-electron chi connectivity index (χ2n) is 4.66. The lowest BCUT2D eigenvalue weighted by Crippen LogP contribution is -2.17. The lowest BCUT2D eigenvalue weighted by molar-refractivity contribution is 0.102. The van der Waals surface area contributed by atoms with Crippen molar-refractivity contribution in [3.63, 3.8) is 0 Å². The number of nitrogens with one attached hydrogen (secondary N) is 2. The fourth-order valence-electron chi connectivity index (χ4n) is 1.98. The van der Waals surface area contributed by atoms with Crippen molar-refractivity contribution < 1.29 is 4.79 Å². The van der Waals surface area contributed by atoms with E-state index in [9.17, 15) is 4.79 Å². The first kappa shape index (κ1) is 14.6. The van der Waals surface area contributed by atoms with Crippen LogP contribution in [-0.2, 0) is 0 Å². The molecule has 20 heavy (non-hydrogen) atoms. The maximum atomic E-state index is 12.3. The second kappa shape index (κ2) is 6.07. The molecule has 0 aliphatic heterocycles. The Morgan fingerprint density at radius 3 is 2.50 bits per heavy atom. The van der Waals surface area contributed by atoms with Gasteiger partial charge < -0.3 is 10.7 Å². The number of halogens is 1. The number of carbonyl (C=O) groups excluding carboxylic acids is 1. The summed E-state index contributed by atoms with van der Waals surface area (Å²) in [6, 6.07) is 11.2. The lowest BCUT2D eigenvalue weighted by Gasteiger charge is -2.11. The van der Waals surface area contributed by atoms with Crippen LogP contribution in [0.5, 0.6) is 0 Å². The largest absolute Gasteiger partial charge is 0.323 e. The summed E-state index contributed by atoms with van der Waals surface area (Å²) in [5.41, 5.74) is 6.47. The quantitative estimate of drug-likeness (QED) is 0.593. The average Bonchev–Trinajstić information content (AvgIpc) is 2.37. The van der Waals surface area contributed by atoms with Gasteiger partial charge in [0.2, 0.25) is 0 Å². The van der Waals surface area contributed by atoms with E-state index in [1.54, 1.807) is 12.1 Å². The molecule has 2 aromatic rings. The number of rotatable bonds is 3. The van der Waals surface area contributed by atoms with Gasteiger partial charge in [0.05, 0.1) is 11.3 Å². The first-order chi connectivity index (χ1) is 9.49. The van der Waals surface area contributed by atoms with Gasteiger partial charge in [-0.05, 0) is 49.7 Å². The van der Waals surface area contributed by atoms with Gasteiger partial charge in [-0.2, -0.15) is 0 Å². The van der Waals surface area contributed by atoms with Gasteiger partial charge in [-0.1, -0.05) is 27.6 Å². The highest BCUT2D eigenvalue weighted by atomic mass is 79.9. The summed E-state index contributed by atoms with van der Waals surface area (Å²) in [6.45, 7) is 3.90. The van der Waals surface area contributed by atoms with Gasteiger partial charge >= 0.3 is 0 Å². The van der Waals surface area contributed by atoms with Gasteiger partial charge in [0.15, 0.2) is 0 Å². The molecule has 4 nitrogen and oxygen atoms in total. The molecular formula is C15H16BrN3O. The maximum absolute atomic E-state index is 12.3. The van der Waals surface area contributed by atoms with Crippen molar-refractivity contribution >= 4 is 33.2 Å². The van der Waals surface area contributed by atoms with E-state index >= 15 is 0 Å². The third kappa shape index (κ3) is 3.37. The highest BCUT2D eigenvalue weighted by molar-refractivity contribution is 9.10. The number of nitrogen functional groups attached to an aromatic ring is 1. The van der Waals surface area contributed by atoms with Gasteiger partial charge in [-0.3, -0.25) is 10.6 Å². The van der Waals surface area contributed by atoms with E-state index in [-0.39, 0.29) is 5.91 Å². The Bertz CT molecular complexity index is 635. The number of benzene rings is 2. The van der Waals surface area contributed by atoms with Crippen LogP contribution in [-0.4, -0.2) is 5.91 Å². The molecule has 0 spiro atoms. The summed E-state index contributed by atoms with van der Waals surface area (Å²) in [6.07, 6.45) is 0. The van der Waals surface area contributed by atoms with Crippen LogP contribution >= 0.6 is 15.9 Å². The molecule has 104 valence electrons. The molecular weight excluding hydrogens is 318 g/mol. The number of anilines is 2. The Morgan fingerprint density at radius 2 is 1.85 bits per heavy atom. The second-order valence-corrected chi connectivity index (χ2v) is 5.58. The van der Waals surface area contributed by atoms with Crippen molar-refractivity contribution in [3.8, 4) is 0 Å². The number of amides is 1. The van der Waals surface area contributed by atoms with Crippen LogP contribution in [0, 0.1) is 13.8 Å². The van der Waals surface area contributed by atoms with Crippen LogP contribution in [0.2, 0.25) is 0 Å². The zero-order chi connectivity index (χ0) is 14.7. The van der Waals surface area contributed by atoms with E-state index < -0.39 is 0 Å². The molecule has 0 saturated heterocycles. The number of nitrogens with two attached hydrogens (primary N) is 1. The predicted molar refractivity (Wildman–Crippen MR) is 85.8 cm³/mol. The van der Waals surface area contributed by atoms with Crippen molar-refractivity contribution in [1.29, 1.82) is 0 Å². The molecule has 0 fully saturated rings. The number of hydrazine groups is 1. The van der Waals surface area contributed by atoms with Crippen molar-refractivity contribution in [1.82, 2.24) is 0 Å². The standard InChI is InChI=1S/C15H16BrN3O/c1-9-3-4-14(19-17)13(7-9)15(20)18-12-6-10(2)5-11(16)8-12/h3-8,19H,17H2,1-2H3,(H,18,20). The monoisotopic (exact) mass is 333 g/mol. The molecule has 0 bridgehead atoms. The van der Waals surface area contributed by atoms with Crippen molar-refractivity contribution in [2.45, 2.75) is 13.8 Å². The number of hydrogen-bond donors (Lipinski definition) is 3. The molecule has 4 N–H and O–H groups in total. The summed E-state index contributed by atoms with van der Waals surface area (Å²) < 4.78 is 0.925. The summed E-state index contributed by atoms with van der Waals surface area (Å²) in [4.78, 5) is 12.3. The third-order valence-corrected chi connectivity index (χ3v) is 3.33. The molecule has 0 aliphatic rings. The molecule has 1 amide bonds. The van der Waals surface area contributed by atoms with E-state index in [1.807, 2.05) is 38.1 Å². The maximum Gasteiger partial charge on any atom is 0.257 e. The first-order valence-corrected chi connectivity index (χ1v) is 6.94. The van der Waals surface area contributed by atoms with Gasteiger partial charge in [-0.25, -0.2) is 0 Å². The minimum absolute atomic E-state index is 0.195. The van der Waals surface area contributed by atoms with Gasteiger partial charge in [0.25, 0.3) is 5.91 Å². The van der Waals surface area contributed by atoms with E-state index in [0.717, 1.165) is 21.3 Å². The number of aryl methyl sites for hydroxylation is 2. The highest BCUT2D eigenvalue weighted by Gasteiger charge is 2.12. The SMILES string of the molecule is Cc1cc(Br)cc(NC(=O)c2cc(C)ccc2NN)c1. The molecule has 0 radical (unpaired) electrons. The average molecular weight is 334 g/mol. The van der Waals surface area contributed by atoms with E-state index in [2.05, 4.69) is 26.7 Å². The predicted octanol–water partition coefficient (Wildman–Crippen LogP) is 3.60. The zero-order valence-electron chi connectivity index (χ0n) is 11.3. The Balaban J connectivity index is 2.30. The summed E-state index contributed by atoms with van der Waals surface area (Å²) in [5, 5.41) is 2.88. The highest BCUT2D eigenvalue weighted by Crippen LogP contribution is 2.22. The Labute approximate surface area is 126 Å². The van der Waals surface area contributed by atoms with Gasteiger partial charge in [0, 0.05) is 10.2 Å². The molecule has 0 aromatic heterocycles. The van der Waals surface area contributed by atoms with E-state index in [4.69, 9.17) is 5.84 Å². The Kier molecular flexibility index (Phi) is 4.42. The summed E-state index contributed by atoms with van der Waals surface area (Å²) in [5.74, 6) is 5.25. The van der Waals surface area contributed by atoms with E-state index in [1.165, 1.54) is 0 Å². The fraction of sp³-hybridized carbons (Fsp3) is 0.133. The third-order valence-electron chi connectivity index (χ3n) is 2.88. The van der Waals surface area contributed by atoms with Gasteiger partial charge in [-0.15, -0.1) is 0 Å². The molecule has 0 unspecified atom stereocenters. The van der Waals surface area contributed by atoms with E-state index in [0.29, 0.717) is 11.3 Å². The fourth-order valence-corrected chi connectivity index (χ4v) is 2.59. The minimum atomic E-state index is -0.195. The number of carbonyl (C=O) groups is 1. The van der Waals surface area contributed by atoms with Crippen LogP contribution in [0.25, 0.3) is 0 Å². The summed E-state index contributed by atoms with van der Waals surface area (Å²) >= 11 is 3.42. The lowest BCUT2D eigenvalue weighted by atomic mass is 10.1. The van der Waals surface area contributed by atoms with Crippen molar-refractivity contribution in [2.75, 3.05) is 10.7 Å². The van der Waals surface area contributed by atoms with Crippen LogP contribution in [0.4, 0.5) is 11.4 Å². The van der Waals surface area contributed by atoms with Crippen LogP contribution < -0.4 is 16.6 Å². The van der Waals surface area contributed by atoms with Crippen molar-refractivity contribution in [3.05, 3.63) is 57.6 Å². The number of hydrogen-bond acceptors (Lipinski definition) is 3. The molecule has 2 aromatic carbocycles. The first-order valence-electron chi connectivity index (χ1n) is 6.15. The minimum Gasteiger partial charge on any atom is -0.323 e. The summed E-state index contributed by atoms with van der Waals surface area (Å²) in [7, 11) is 0.